The molecule has 0 saturated carbocycles. The van der Waals surface area contributed by atoms with E-state index in [4.69, 9.17) is 8.83 Å². The third-order valence-electron chi connectivity index (χ3n) is 10.9. The molecule has 0 atom stereocenters. The molecule has 2 aromatic heterocycles. The molecule has 11 rings (SSSR count). The third-order valence-corrected chi connectivity index (χ3v) is 10.9. The number of anilines is 3. The highest BCUT2D eigenvalue weighted by atomic mass is 16.3. The van der Waals surface area contributed by atoms with Crippen molar-refractivity contribution < 1.29 is 8.83 Å². The Morgan fingerprint density at radius 3 is 1.75 bits per heavy atom. The van der Waals surface area contributed by atoms with Gasteiger partial charge in [-0.3, -0.25) is 0 Å². The quantitative estimate of drug-likeness (QED) is 0.173. The molecule has 0 N–H and O–H groups in total. The van der Waals surface area contributed by atoms with E-state index in [1.807, 2.05) is 24.3 Å². The van der Waals surface area contributed by atoms with Gasteiger partial charge in [-0.05, 0) is 93.2 Å². The summed E-state index contributed by atoms with van der Waals surface area (Å²) < 4.78 is 12.6. The maximum Gasteiger partial charge on any atom is 0.136 e. The van der Waals surface area contributed by atoms with Gasteiger partial charge in [0.1, 0.15) is 22.3 Å². The largest absolute Gasteiger partial charge is 0.456 e. The van der Waals surface area contributed by atoms with Crippen LogP contribution in [0.15, 0.2) is 209 Å². The van der Waals surface area contributed by atoms with E-state index in [9.17, 15) is 0 Å². The molecule has 0 fully saturated rings. The summed E-state index contributed by atoms with van der Waals surface area (Å²) in [6.45, 7) is 0. The lowest BCUT2D eigenvalue weighted by Crippen LogP contribution is -2.11. The van der Waals surface area contributed by atoms with E-state index < -0.39 is 0 Å². The van der Waals surface area contributed by atoms with Gasteiger partial charge in [-0.25, -0.2) is 0 Å². The monoisotopic (exact) mass is 703 g/mol. The molecule has 0 saturated heterocycles. The summed E-state index contributed by atoms with van der Waals surface area (Å²) in [6, 6.07) is 71.2. The first-order valence-corrected chi connectivity index (χ1v) is 18.7. The van der Waals surface area contributed by atoms with Crippen LogP contribution >= 0.6 is 0 Å². The lowest BCUT2D eigenvalue weighted by Gasteiger charge is -2.29. The first-order chi connectivity index (χ1) is 27.3. The fourth-order valence-corrected chi connectivity index (χ4v) is 8.31. The Kier molecular flexibility index (Phi) is 7.17. The standard InChI is InChI=1S/C52H33NO2/c1-2-12-35(13-3-1)42-30-26-37(41-19-10-15-34-14-4-5-16-40(34)41)32-47(42)53(39-29-31-50-46(33-39)44-17-6-8-21-48(44)54-50)38-27-24-36(25-28-38)43-20-11-23-51-52(43)45-18-7-9-22-49(45)55-51/h1-33H. The van der Waals surface area contributed by atoms with E-state index in [1.165, 1.54) is 16.3 Å². The fourth-order valence-electron chi connectivity index (χ4n) is 8.31. The summed E-state index contributed by atoms with van der Waals surface area (Å²) in [4.78, 5) is 2.40. The van der Waals surface area contributed by atoms with Gasteiger partial charge in [-0.2, -0.15) is 0 Å². The molecule has 0 radical (unpaired) electrons. The maximum atomic E-state index is 6.31. The molecule has 3 nitrogen and oxygen atoms in total. The first kappa shape index (κ1) is 31.2. The number of para-hydroxylation sites is 2. The third kappa shape index (κ3) is 5.20. The normalized spacial score (nSPS) is 11.6. The van der Waals surface area contributed by atoms with Gasteiger partial charge in [0.2, 0.25) is 0 Å². The number of nitrogens with zero attached hydrogens (tertiary/aromatic N) is 1. The van der Waals surface area contributed by atoms with E-state index in [-0.39, 0.29) is 0 Å². The van der Waals surface area contributed by atoms with Crippen molar-refractivity contribution in [2.24, 2.45) is 0 Å². The Morgan fingerprint density at radius 2 is 0.891 bits per heavy atom. The molecule has 0 aliphatic carbocycles. The zero-order chi connectivity index (χ0) is 36.3. The van der Waals surface area contributed by atoms with E-state index in [0.717, 1.165) is 88.8 Å². The molecule has 0 bridgehead atoms. The van der Waals surface area contributed by atoms with Gasteiger partial charge in [0.05, 0.1) is 5.69 Å². The molecule has 0 unspecified atom stereocenters. The molecule has 2 heterocycles. The van der Waals surface area contributed by atoms with E-state index in [1.54, 1.807) is 0 Å². The average molecular weight is 704 g/mol. The average Bonchev–Trinajstić information content (AvgIpc) is 3.83. The number of hydrogen-bond donors (Lipinski definition) is 0. The Hall–Kier alpha value is -7.36. The number of furan rings is 2. The minimum Gasteiger partial charge on any atom is -0.456 e. The van der Waals surface area contributed by atoms with Gasteiger partial charge in [-0.1, -0.05) is 146 Å². The smallest absolute Gasteiger partial charge is 0.136 e. The van der Waals surface area contributed by atoms with Crippen molar-refractivity contribution >= 4 is 71.7 Å². The van der Waals surface area contributed by atoms with E-state index in [0.29, 0.717) is 0 Å². The number of rotatable bonds is 6. The van der Waals surface area contributed by atoms with Crippen LogP contribution in [0.4, 0.5) is 17.1 Å². The summed E-state index contributed by atoms with van der Waals surface area (Å²) in [5, 5.41) is 6.89. The van der Waals surface area contributed by atoms with Gasteiger partial charge in [0.25, 0.3) is 0 Å². The molecule has 258 valence electrons. The molecule has 9 aromatic carbocycles. The molecule has 11 aromatic rings. The highest BCUT2D eigenvalue weighted by molar-refractivity contribution is 6.12. The van der Waals surface area contributed by atoms with Crippen molar-refractivity contribution in [2.75, 3.05) is 4.90 Å². The maximum absolute atomic E-state index is 6.31. The second-order valence-electron chi connectivity index (χ2n) is 14.1. The number of benzene rings is 9. The van der Waals surface area contributed by atoms with Crippen LogP contribution in [0.3, 0.4) is 0 Å². The van der Waals surface area contributed by atoms with Crippen molar-refractivity contribution in [1.29, 1.82) is 0 Å². The first-order valence-electron chi connectivity index (χ1n) is 18.7. The molecule has 3 heteroatoms. The van der Waals surface area contributed by atoms with Gasteiger partial charge in [0.15, 0.2) is 0 Å². The van der Waals surface area contributed by atoms with Crippen LogP contribution < -0.4 is 4.90 Å². The SMILES string of the molecule is c1ccc(-c2ccc(-c3cccc4ccccc34)cc2N(c2ccc(-c3cccc4oc5ccccc5c34)cc2)c2ccc3oc4ccccc4c3c2)cc1. The fraction of sp³-hybridized carbons (Fsp3) is 0. The molecule has 55 heavy (non-hydrogen) atoms. The minimum atomic E-state index is 0.869. The lowest BCUT2D eigenvalue weighted by molar-refractivity contribution is 0.668. The summed E-state index contributed by atoms with van der Waals surface area (Å²) in [7, 11) is 0. The van der Waals surface area contributed by atoms with Crippen molar-refractivity contribution in [3.05, 3.63) is 200 Å². The van der Waals surface area contributed by atoms with E-state index >= 15 is 0 Å². The Labute approximate surface area is 317 Å². The molecule has 0 aliphatic heterocycles. The zero-order valence-electron chi connectivity index (χ0n) is 29.8. The van der Waals surface area contributed by atoms with Crippen LogP contribution in [0.5, 0.6) is 0 Å². The molecule has 0 spiro atoms. The zero-order valence-corrected chi connectivity index (χ0v) is 29.8. The Morgan fingerprint density at radius 1 is 0.309 bits per heavy atom. The van der Waals surface area contributed by atoms with Crippen LogP contribution in [-0.4, -0.2) is 0 Å². The van der Waals surface area contributed by atoms with E-state index in [2.05, 4.69) is 181 Å². The summed E-state index contributed by atoms with van der Waals surface area (Å²) in [6.07, 6.45) is 0. The van der Waals surface area contributed by atoms with Gasteiger partial charge in [0, 0.05) is 38.5 Å². The molecule has 0 amide bonds. The van der Waals surface area contributed by atoms with Crippen LogP contribution in [0.2, 0.25) is 0 Å². The highest BCUT2D eigenvalue weighted by Crippen LogP contribution is 2.46. The van der Waals surface area contributed by atoms with Crippen molar-refractivity contribution in [3.63, 3.8) is 0 Å². The van der Waals surface area contributed by atoms with Gasteiger partial charge < -0.3 is 13.7 Å². The van der Waals surface area contributed by atoms with Crippen LogP contribution in [0.25, 0.3) is 88.0 Å². The molecule has 0 aliphatic rings. The Bertz CT molecular complexity index is 3200. The Balaban J connectivity index is 1.15. The number of hydrogen-bond acceptors (Lipinski definition) is 3. The predicted octanol–water partition coefficient (Wildman–Crippen LogP) is 15.1. The second kappa shape index (κ2) is 12.6. The predicted molar refractivity (Wildman–Crippen MR) is 229 cm³/mol. The minimum absolute atomic E-state index is 0.869. The highest BCUT2D eigenvalue weighted by Gasteiger charge is 2.21. The van der Waals surface area contributed by atoms with Gasteiger partial charge >= 0.3 is 0 Å². The summed E-state index contributed by atoms with van der Waals surface area (Å²) >= 11 is 0. The van der Waals surface area contributed by atoms with Gasteiger partial charge in [-0.15, -0.1) is 0 Å². The summed E-state index contributed by atoms with van der Waals surface area (Å²) in [5.74, 6) is 0. The number of fused-ring (bicyclic) bond motifs is 7. The topological polar surface area (TPSA) is 29.5 Å². The molecular weight excluding hydrogens is 671 g/mol. The molecular formula is C52H33NO2. The van der Waals surface area contributed by atoms with Crippen LogP contribution in [0, 0.1) is 0 Å². The lowest BCUT2D eigenvalue weighted by atomic mass is 9.94. The van der Waals surface area contributed by atoms with Crippen molar-refractivity contribution in [2.45, 2.75) is 0 Å². The summed E-state index contributed by atoms with van der Waals surface area (Å²) in [5.41, 5.74) is 13.6. The second-order valence-corrected chi connectivity index (χ2v) is 14.1. The van der Waals surface area contributed by atoms with Crippen LogP contribution in [-0.2, 0) is 0 Å². The van der Waals surface area contributed by atoms with Crippen LogP contribution in [0.1, 0.15) is 0 Å². The van der Waals surface area contributed by atoms with Crippen molar-refractivity contribution in [3.8, 4) is 33.4 Å². The van der Waals surface area contributed by atoms with Crippen molar-refractivity contribution in [1.82, 2.24) is 0 Å².